The largest absolute Gasteiger partial charge is 0.351 e. The van der Waals surface area contributed by atoms with Crippen LogP contribution in [-0.2, 0) is 11.8 Å². The van der Waals surface area contributed by atoms with E-state index in [-0.39, 0.29) is 5.41 Å². The van der Waals surface area contributed by atoms with Crippen LogP contribution in [0, 0.1) is 0 Å². The number of hydrogen-bond acceptors (Lipinski definition) is 5. The first-order valence-corrected chi connectivity index (χ1v) is 10.4. The Morgan fingerprint density at radius 3 is 2.74 bits per heavy atom. The van der Waals surface area contributed by atoms with Crippen LogP contribution in [0.3, 0.4) is 0 Å². The third kappa shape index (κ3) is 3.13. The molecule has 3 heterocycles. The first-order chi connectivity index (χ1) is 13.2. The van der Waals surface area contributed by atoms with Crippen molar-refractivity contribution in [2.45, 2.75) is 43.6 Å². The number of hydrogen-bond donors (Lipinski definition) is 2. The van der Waals surface area contributed by atoms with Crippen molar-refractivity contribution in [2.24, 2.45) is 0 Å². The van der Waals surface area contributed by atoms with Gasteiger partial charge in [0, 0.05) is 23.2 Å². The van der Waals surface area contributed by atoms with Gasteiger partial charge in [0.2, 0.25) is 5.95 Å². The van der Waals surface area contributed by atoms with Gasteiger partial charge in [0.1, 0.15) is 0 Å². The van der Waals surface area contributed by atoms with Crippen molar-refractivity contribution in [1.82, 2.24) is 20.2 Å². The Morgan fingerprint density at radius 2 is 1.93 bits per heavy atom. The van der Waals surface area contributed by atoms with Crippen LogP contribution in [0.4, 0.5) is 5.95 Å². The zero-order valence-corrected chi connectivity index (χ0v) is 16.2. The number of nitrogens with zero attached hydrogens (tertiary/aromatic N) is 3. The highest BCUT2D eigenvalue weighted by Crippen LogP contribution is 2.46. The summed E-state index contributed by atoms with van der Waals surface area (Å²) in [5, 5.41) is 7.12. The Kier molecular flexibility index (Phi) is 4.37. The van der Waals surface area contributed by atoms with E-state index in [0.29, 0.717) is 6.04 Å². The second-order valence-electron chi connectivity index (χ2n) is 8.54. The molecule has 5 heteroatoms. The highest BCUT2D eigenvalue weighted by molar-refractivity contribution is 5.72. The van der Waals surface area contributed by atoms with E-state index in [0.717, 1.165) is 57.1 Å². The molecule has 0 radical (unpaired) electrons. The van der Waals surface area contributed by atoms with Gasteiger partial charge in [-0.05, 0) is 76.5 Å². The maximum absolute atomic E-state index is 4.99. The molecule has 27 heavy (non-hydrogen) atoms. The molecule has 3 aliphatic rings. The molecule has 2 aromatic rings. The lowest BCUT2D eigenvalue weighted by atomic mass is 9.64. The van der Waals surface area contributed by atoms with E-state index < -0.39 is 0 Å². The number of piperidine rings is 2. The summed E-state index contributed by atoms with van der Waals surface area (Å²) >= 11 is 0. The molecule has 0 bridgehead atoms. The number of rotatable bonds is 2. The quantitative estimate of drug-likeness (QED) is 0.859. The summed E-state index contributed by atoms with van der Waals surface area (Å²) in [5.74, 6) is 0.791. The molecule has 142 valence electrons. The number of anilines is 1. The van der Waals surface area contributed by atoms with Crippen LogP contribution >= 0.6 is 0 Å². The van der Waals surface area contributed by atoms with Gasteiger partial charge < -0.3 is 15.5 Å². The fourth-order valence-corrected chi connectivity index (χ4v) is 5.14. The predicted molar refractivity (Wildman–Crippen MR) is 109 cm³/mol. The molecule has 2 saturated heterocycles. The van der Waals surface area contributed by atoms with Crippen molar-refractivity contribution in [3.05, 3.63) is 41.6 Å². The van der Waals surface area contributed by atoms with Gasteiger partial charge in [0.15, 0.2) is 0 Å². The van der Waals surface area contributed by atoms with Crippen molar-refractivity contribution in [1.29, 1.82) is 0 Å². The molecule has 2 fully saturated rings. The average molecular weight is 364 g/mol. The molecule has 1 aromatic carbocycles. The Bertz CT molecular complexity index is 819. The van der Waals surface area contributed by atoms with E-state index in [9.17, 15) is 0 Å². The molecule has 1 aliphatic carbocycles. The second kappa shape index (κ2) is 6.88. The predicted octanol–water partition coefficient (Wildman–Crippen LogP) is 2.83. The summed E-state index contributed by atoms with van der Waals surface area (Å²) in [6, 6.07) is 9.40. The van der Waals surface area contributed by atoms with Crippen LogP contribution in [0.2, 0.25) is 0 Å². The summed E-state index contributed by atoms with van der Waals surface area (Å²) in [6.45, 7) is 4.48. The van der Waals surface area contributed by atoms with Crippen LogP contribution < -0.4 is 10.6 Å². The van der Waals surface area contributed by atoms with E-state index in [4.69, 9.17) is 9.97 Å². The number of aromatic nitrogens is 2. The molecule has 0 amide bonds. The zero-order valence-electron chi connectivity index (χ0n) is 16.2. The molecule has 1 aromatic heterocycles. The molecule has 1 spiro atoms. The first-order valence-electron chi connectivity index (χ1n) is 10.4. The van der Waals surface area contributed by atoms with E-state index in [2.05, 4.69) is 53.0 Å². The fourth-order valence-electron chi connectivity index (χ4n) is 5.14. The third-order valence-corrected chi connectivity index (χ3v) is 6.76. The molecule has 0 unspecified atom stereocenters. The second-order valence-corrected chi connectivity index (χ2v) is 8.54. The van der Waals surface area contributed by atoms with Crippen LogP contribution in [0.25, 0.3) is 11.3 Å². The summed E-state index contributed by atoms with van der Waals surface area (Å²) in [6.07, 6.45) is 7.85. The van der Waals surface area contributed by atoms with Crippen molar-refractivity contribution < 1.29 is 0 Å². The maximum Gasteiger partial charge on any atom is 0.223 e. The lowest BCUT2D eigenvalue weighted by Gasteiger charge is -2.42. The zero-order chi connectivity index (χ0) is 18.3. The van der Waals surface area contributed by atoms with Gasteiger partial charge in [-0.25, -0.2) is 9.97 Å². The van der Waals surface area contributed by atoms with Crippen molar-refractivity contribution in [3.8, 4) is 11.3 Å². The molecule has 2 N–H and O–H groups in total. The van der Waals surface area contributed by atoms with Crippen LogP contribution in [-0.4, -0.2) is 54.1 Å². The van der Waals surface area contributed by atoms with Crippen molar-refractivity contribution >= 4 is 5.95 Å². The summed E-state index contributed by atoms with van der Waals surface area (Å²) in [4.78, 5) is 12.1. The van der Waals surface area contributed by atoms with Gasteiger partial charge in [0.05, 0.1) is 5.69 Å². The fraction of sp³-hybridized carbons (Fsp3) is 0.545. The normalized spacial score (nSPS) is 22.3. The third-order valence-electron chi connectivity index (χ3n) is 6.76. The average Bonchev–Trinajstić information content (AvgIpc) is 2.71. The minimum absolute atomic E-state index is 0.251. The molecular formula is C22H29N5. The lowest BCUT2D eigenvalue weighted by molar-refractivity contribution is 0.263. The molecule has 5 nitrogen and oxygen atoms in total. The highest BCUT2D eigenvalue weighted by atomic mass is 15.2. The first kappa shape index (κ1) is 17.1. The Morgan fingerprint density at radius 1 is 1.15 bits per heavy atom. The van der Waals surface area contributed by atoms with Crippen LogP contribution in [0.5, 0.6) is 0 Å². The maximum atomic E-state index is 4.99. The van der Waals surface area contributed by atoms with Gasteiger partial charge in [-0.15, -0.1) is 0 Å². The molecule has 0 atom stereocenters. The molecule has 5 rings (SSSR count). The van der Waals surface area contributed by atoms with E-state index >= 15 is 0 Å². The van der Waals surface area contributed by atoms with Gasteiger partial charge >= 0.3 is 0 Å². The topological polar surface area (TPSA) is 53.1 Å². The van der Waals surface area contributed by atoms with Gasteiger partial charge in [-0.3, -0.25) is 0 Å². The van der Waals surface area contributed by atoms with Gasteiger partial charge in [0.25, 0.3) is 0 Å². The van der Waals surface area contributed by atoms with Gasteiger partial charge in [-0.2, -0.15) is 0 Å². The van der Waals surface area contributed by atoms with Crippen molar-refractivity contribution in [2.75, 3.05) is 38.5 Å². The molecular weight excluding hydrogens is 334 g/mol. The highest BCUT2D eigenvalue weighted by Gasteiger charge is 2.40. The SMILES string of the molecule is CN1CCC(Nc2ncc3c(n2)-c2ccccc2C2(CCNCC2)C3)CC1. The molecule has 2 aliphatic heterocycles. The van der Waals surface area contributed by atoms with Gasteiger partial charge in [-0.1, -0.05) is 24.3 Å². The minimum atomic E-state index is 0.251. The number of benzene rings is 1. The molecule has 0 saturated carbocycles. The van der Waals surface area contributed by atoms with E-state index in [1.54, 1.807) is 0 Å². The lowest BCUT2D eigenvalue weighted by Crippen LogP contribution is -2.43. The number of fused-ring (bicyclic) bond motifs is 4. The Balaban J connectivity index is 1.47. The summed E-state index contributed by atoms with van der Waals surface area (Å²) < 4.78 is 0. The minimum Gasteiger partial charge on any atom is -0.351 e. The van der Waals surface area contributed by atoms with Crippen LogP contribution in [0.15, 0.2) is 30.5 Å². The van der Waals surface area contributed by atoms with Crippen molar-refractivity contribution in [3.63, 3.8) is 0 Å². The van der Waals surface area contributed by atoms with E-state index in [1.807, 2.05) is 0 Å². The monoisotopic (exact) mass is 363 g/mol. The summed E-state index contributed by atoms with van der Waals surface area (Å²) in [7, 11) is 2.19. The Labute approximate surface area is 161 Å². The smallest absolute Gasteiger partial charge is 0.223 e. The number of likely N-dealkylation sites (tertiary alicyclic amines) is 1. The Hall–Kier alpha value is -1.98. The standard InChI is InChI=1S/C22H29N5/c1-27-12-6-17(7-13-27)25-21-24-15-16-14-22(8-10-23-11-9-22)19-5-3-2-4-18(19)20(16)26-21/h2-5,15,17,23H,6-14H2,1H3,(H,24,25,26). The van der Waals surface area contributed by atoms with Crippen LogP contribution in [0.1, 0.15) is 36.8 Å². The summed E-state index contributed by atoms with van der Waals surface area (Å²) in [5.41, 5.74) is 5.50. The number of nitrogens with one attached hydrogen (secondary N) is 2. The van der Waals surface area contributed by atoms with E-state index in [1.165, 1.54) is 29.5 Å².